The van der Waals surface area contributed by atoms with Crippen LogP contribution in [0.5, 0.6) is 0 Å². The summed E-state index contributed by atoms with van der Waals surface area (Å²) in [7, 11) is 0. The number of ether oxygens (including phenoxy) is 1. The molecule has 2 aromatic rings. The minimum atomic E-state index is -0.995. The molecule has 2 N–H and O–H groups in total. The molecule has 33 heavy (non-hydrogen) atoms. The van der Waals surface area contributed by atoms with Crippen LogP contribution in [0.3, 0.4) is 0 Å². The zero-order valence-corrected chi connectivity index (χ0v) is 18.6. The lowest BCUT2D eigenvalue weighted by Gasteiger charge is -2.37. The van der Waals surface area contributed by atoms with Crippen LogP contribution in [0.4, 0.5) is 4.79 Å². The molecule has 1 saturated carbocycles. The fourth-order valence-corrected chi connectivity index (χ4v) is 5.70. The fourth-order valence-electron chi connectivity index (χ4n) is 5.70. The van der Waals surface area contributed by atoms with Gasteiger partial charge < -0.3 is 20.1 Å². The number of carboxylic acids is 1. The molecule has 2 aromatic carbocycles. The van der Waals surface area contributed by atoms with E-state index in [0.29, 0.717) is 31.7 Å². The van der Waals surface area contributed by atoms with E-state index in [1.54, 1.807) is 0 Å². The van der Waals surface area contributed by atoms with E-state index in [2.05, 4.69) is 29.6 Å². The maximum atomic E-state index is 12.6. The molecule has 0 spiro atoms. The Balaban J connectivity index is 1.12. The number of carbonyl (C=O) groups is 3. The lowest BCUT2D eigenvalue weighted by molar-refractivity contribution is -0.158. The van der Waals surface area contributed by atoms with Gasteiger partial charge >= 0.3 is 12.1 Å². The lowest BCUT2D eigenvalue weighted by atomic mass is 9.73. The summed E-state index contributed by atoms with van der Waals surface area (Å²) in [5, 5.41) is 12.3. The van der Waals surface area contributed by atoms with E-state index in [-0.39, 0.29) is 30.9 Å². The predicted octanol–water partition coefficient (Wildman–Crippen LogP) is 3.77. The number of nitrogens with one attached hydrogen (secondary N) is 1. The topological polar surface area (TPSA) is 95.9 Å². The Labute approximate surface area is 192 Å². The maximum Gasteiger partial charge on any atom is 0.407 e. The average Bonchev–Trinajstić information content (AvgIpc) is 3.45. The van der Waals surface area contributed by atoms with Crippen LogP contribution in [-0.2, 0) is 14.3 Å². The van der Waals surface area contributed by atoms with E-state index in [4.69, 9.17) is 4.74 Å². The molecule has 4 aliphatic rings. The Kier molecular flexibility index (Phi) is 5.35. The second kappa shape index (κ2) is 8.21. The van der Waals surface area contributed by atoms with Gasteiger partial charge in [-0.1, -0.05) is 48.5 Å². The standard InChI is InChI=1S/C26H28N2O5/c1-16(10-11-23(29)28-14-17-12-26(28,13-17)24(30)31)27-25(32)33-15-22-20-8-4-2-6-18(20)19-7-3-5-9-21(19)22/h2-9,16-17,22H,10-15H2,1H3,(H,27,32)(H,30,31). The van der Waals surface area contributed by atoms with Crippen LogP contribution in [0.1, 0.15) is 49.7 Å². The number of hydrogen-bond acceptors (Lipinski definition) is 4. The van der Waals surface area contributed by atoms with Crippen molar-refractivity contribution in [1.29, 1.82) is 0 Å². The van der Waals surface area contributed by atoms with Crippen LogP contribution in [0.15, 0.2) is 48.5 Å². The first-order chi connectivity index (χ1) is 15.9. The summed E-state index contributed by atoms with van der Waals surface area (Å²) in [6.07, 6.45) is 1.23. The van der Waals surface area contributed by atoms with Gasteiger partial charge in [0.05, 0.1) is 0 Å². The number of carbonyl (C=O) groups excluding carboxylic acids is 2. The van der Waals surface area contributed by atoms with Crippen molar-refractivity contribution < 1.29 is 24.2 Å². The average molecular weight is 449 g/mol. The molecule has 0 aromatic heterocycles. The molecule has 2 aliphatic carbocycles. The van der Waals surface area contributed by atoms with Crippen LogP contribution in [0.25, 0.3) is 11.1 Å². The Bertz CT molecular complexity index is 1060. The molecular weight excluding hydrogens is 420 g/mol. The molecule has 7 heteroatoms. The summed E-state index contributed by atoms with van der Waals surface area (Å²) in [5.74, 6) is -0.761. The summed E-state index contributed by atoms with van der Waals surface area (Å²) >= 11 is 0. The number of amides is 2. The Hall–Kier alpha value is -3.35. The first kappa shape index (κ1) is 21.5. The molecule has 7 nitrogen and oxygen atoms in total. The fraction of sp³-hybridized carbons (Fsp3) is 0.423. The largest absolute Gasteiger partial charge is 0.479 e. The summed E-state index contributed by atoms with van der Waals surface area (Å²) in [5.41, 5.74) is 3.66. The summed E-state index contributed by atoms with van der Waals surface area (Å²) in [4.78, 5) is 38.2. The van der Waals surface area contributed by atoms with Gasteiger partial charge in [-0.3, -0.25) is 4.79 Å². The van der Waals surface area contributed by atoms with Crippen molar-refractivity contribution in [3.63, 3.8) is 0 Å². The smallest absolute Gasteiger partial charge is 0.407 e. The second-order valence-corrected chi connectivity index (χ2v) is 9.52. The van der Waals surface area contributed by atoms with Crippen molar-refractivity contribution in [3.05, 3.63) is 59.7 Å². The highest BCUT2D eigenvalue weighted by Crippen LogP contribution is 2.51. The highest BCUT2D eigenvalue weighted by molar-refractivity contribution is 5.89. The zero-order valence-electron chi connectivity index (χ0n) is 18.6. The predicted molar refractivity (Wildman–Crippen MR) is 122 cm³/mol. The zero-order chi connectivity index (χ0) is 23.2. The minimum absolute atomic E-state index is 0.00565. The summed E-state index contributed by atoms with van der Waals surface area (Å²) in [6, 6.07) is 16.1. The molecule has 2 heterocycles. The number of aliphatic carboxylic acids is 1. The molecule has 1 unspecified atom stereocenters. The summed E-state index contributed by atoms with van der Waals surface area (Å²) in [6.45, 7) is 2.59. The molecule has 2 saturated heterocycles. The molecule has 2 aliphatic heterocycles. The van der Waals surface area contributed by atoms with Gasteiger partial charge in [0.25, 0.3) is 0 Å². The Morgan fingerprint density at radius 1 is 1.09 bits per heavy atom. The Morgan fingerprint density at radius 3 is 2.30 bits per heavy atom. The van der Waals surface area contributed by atoms with Gasteiger partial charge in [0, 0.05) is 24.9 Å². The van der Waals surface area contributed by atoms with E-state index in [0.717, 1.165) is 11.1 Å². The third kappa shape index (κ3) is 3.65. The van der Waals surface area contributed by atoms with Crippen LogP contribution in [0.2, 0.25) is 0 Å². The van der Waals surface area contributed by atoms with Gasteiger partial charge in [-0.15, -0.1) is 0 Å². The highest BCUT2D eigenvalue weighted by atomic mass is 16.5. The third-order valence-electron chi connectivity index (χ3n) is 7.41. The SMILES string of the molecule is CC(CCC(=O)N1CC2CC1(C(=O)O)C2)NC(=O)OCC1c2ccccc2-c2ccccc21. The van der Waals surface area contributed by atoms with E-state index in [1.807, 2.05) is 31.2 Å². The van der Waals surface area contributed by atoms with Crippen molar-refractivity contribution in [2.45, 2.75) is 50.1 Å². The van der Waals surface area contributed by atoms with Crippen molar-refractivity contribution in [2.24, 2.45) is 5.92 Å². The van der Waals surface area contributed by atoms with Crippen molar-refractivity contribution in [1.82, 2.24) is 10.2 Å². The number of hydrogen-bond donors (Lipinski definition) is 2. The molecule has 6 rings (SSSR count). The molecule has 0 radical (unpaired) electrons. The molecule has 172 valence electrons. The molecular formula is C26H28N2O5. The number of nitrogens with zero attached hydrogens (tertiary/aromatic N) is 1. The number of rotatable bonds is 7. The second-order valence-electron chi connectivity index (χ2n) is 9.52. The summed E-state index contributed by atoms with van der Waals surface area (Å²) < 4.78 is 5.57. The van der Waals surface area contributed by atoms with E-state index < -0.39 is 17.6 Å². The third-order valence-corrected chi connectivity index (χ3v) is 7.41. The monoisotopic (exact) mass is 448 g/mol. The van der Waals surface area contributed by atoms with Crippen LogP contribution in [-0.4, -0.2) is 52.7 Å². The normalized spacial score (nSPS) is 23.3. The Morgan fingerprint density at radius 2 is 1.70 bits per heavy atom. The van der Waals surface area contributed by atoms with Gasteiger partial charge in [0.1, 0.15) is 12.1 Å². The number of fused-ring (bicyclic) bond motifs is 4. The molecule has 2 bridgehead atoms. The number of benzene rings is 2. The van der Waals surface area contributed by atoms with Gasteiger partial charge in [-0.25, -0.2) is 9.59 Å². The molecule has 1 atom stereocenters. The van der Waals surface area contributed by atoms with Gasteiger partial charge in [-0.2, -0.15) is 0 Å². The van der Waals surface area contributed by atoms with Crippen molar-refractivity contribution in [3.8, 4) is 11.1 Å². The first-order valence-electron chi connectivity index (χ1n) is 11.5. The number of alkyl carbamates (subject to hydrolysis) is 1. The van der Waals surface area contributed by atoms with Gasteiger partial charge in [-0.05, 0) is 54.4 Å². The molecule has 3 fully saturated rings. The van der Waals surface area contributed by atoms with Gasteiger partial charge in [0.15, 0.2) is 0 Å². The van der Waals surface area contributed by atoms with E-state index >= 15 is 0 Å². The first-order valence-corrected chi connectivity index (χ1v) is 11.5. The van der Waals surface area contributed by atoms with Crippen molar-refractivity contribution >= 4 is 18.0 Å². The quantitative estimate of drug-likeness (QED) is 0.672. The van der Waals surface area contributed by atoms with E-state index in [9.17, 15) is 19.5 Å². The van der Waals surface area contributed by atoms with Crippen LogP contribution >= 0.6 is 0 Å². The highest BCUT2D eigenvalue weighted by Gasteiger charge is 2.62. The van der Waals surface area contributed by atoms with Gasteiger partial charge in [0.2, 0.25) is 5.91 Å². The maximum absolute atomic E-state index is 12.6. The van der Waals surface area contributed by atoms with Crippen molar-refractivity contribution in [2.75, 3.05) is 13.2 Å². The minimum Gasteiger partial charge on any atom is -0.479 e. The van der Waals surface area contributed by atoms with E-state index in [1.165, 1.54) is 16.0 Å². The van der Waals surface area contributed by atoms with Crippen LogP contribution < -0.4 is 5.32 Å². The van der Waals surface area contributed by atoms with Crippen LogP contribution in [0, 0.1) is 5.92 Å². The number of carboxylic acid groups (broad SMARTS) is 1. The molecule has 2 amide bonds. The lowest BCUT2D eigenvalue weighted by Crippen LogP contribution is -2.54.